The van der Waals surface area contributed by atoms with Crippen LogP contribution >= 0.6 is 0 Å². The number of ether oxygens (including phenoxy) is 2. The highest BCUT2D eigenvalue weighted by Crippen LogP contribution is 2.27. The van der Waals surface area contributed by atoms with Crippen molar-refractivity contribution in [3.05, 3.63) is 59.7 Å². The molecule has 2 rings (SSSR count). The molecule has 0 aromatic heterocycles. The normalized spacial score (nSPS) is 10.1. The van der Waals surface area contributed by atoms with E-state index in [1.807, 2.05) is 43.3 Å². The lowest BCUT2D eigenvalue weighted by atomic mass is 10.2. The molecule has 6 heteroatoms. The summed E-state index contributed by atoms with van der Waals surface area (Å²) in [5.41, 5.74) is 1.55. The number of benzene rings is 2. The third-order valence-corrected chi connectivity index (χ3v) is 3.92. The Hall–Kier alpha value is -3.02. The van der Waals surface area contributed by atoms with E-state index < -0.39 is 0 Å². The van der Waals surface area contributed by atoms with E-state index in [2.05, 4.69) is 10.6 Å². The van der Waals surface area contributed by atoms with Gasteiger partial charge in [0, 0.05) is 25.1 Å². The largest absolute Gasteiger partial charge is 0.493 e. The standard InChI is InChI=1S/C21H26N2O4/c1-3-27-18-12-11-16(14-19(18)26-2)15-23-20(24)10-7-13-22-21(25)17-8-5-4-6-9-17/h4-6,8-9,11-12,14H,3,7,10,13,15H2,1-2H3,(H,22,25)(H,23,24). The molecule has 27 heavy (non-hydrogen) atoms. The van der Waals surface area contributed by atoms with E-state index in [0.717, 1.165) is 5.56 Å². The number of carbonyl (C=O) groups is 2. The van der Waals surface area contributed by atoms with E-state index in [4.69, 9.17) is 9.47 Å². The van der Waals surface area contributed by atoms with Gasteiger partial charge in [-0.15, -0.1) is 0 Å². The minimum Gasteiger partial charge on any atom is -0.493 e. The van der Waals surface area contributed by atoms with Gasteiger partial charge in [-0.25, -0.2) is 0 Å². The average molecular weight is 370 g/mol. The molecule has 2 amide bonds. The summed E-state index contributed by atoms with van der Waals surface area (Å²) in [5.74, 6) is 1.14. The van der Waals surface area contributed by atoms with Crippen LogP contribution < -0.4 is 20.1 Å². The lowest BCUT2D eigenvalue weighted by molar-refractivity contribution is -0.121. The quantitative estimate of drug-likeness (QED) is 0.631. The molecule has 0 saturated heterocycles. The maximum Gasteiger partial charge on any atom is 0.251 e. The second kappa shape index (κ2) is 10.9. The van der Waals surface area contributed by atoms with Crippen molar-refractivity contribution in [2.75, 3.05) is 20.3 Å². The van der Waals surface area contributed by atoms with Gasteiger partial charge >= 0.3 is 0 Å². The summed E-state index contributed by atoms with van der Waals surface area (Å²) in [6.07, 6.45) is 0.931. The Morgan fingerprint density at radius 1 is 1.00 bits per heavy atom. The van der Waals surface area contributed by atoms with Crippen LogP contribution in [0.2, 0.25) is 0 Å². The van der Waals surface area contributed by atoms with Crippen LogP contribution in [0.3, 0.4) is 0 Å². The van der Waals surface area contributed by atoms with Crippen LogP contribution in [0, 0.1) is 0 Å². The summed E-state index contributed by atoms with van der Waals surface area (Å²) >= 11 is 0. The SMILES string of the molecule is CCOc1ccc(CNC(=O)CCCNC(=O)c2ccccc2)cc1OC. The zero-order chi connectivity index (χ0) is 19.5. The molecule has 0 saturated carbocycles. The highest BCUT2D eigenvalue weighted by atomic mass is 16.5. The van der Waals surface area contributed by atoms with Crippen molar-refractivity contribution in [3.63, 3.8) is 0 Å². The zero-order valence-corrected chi connectivity index (χ0v) is 15.8. The number of amides is 2. The Balaban J connectivity index is 1.69. The third-order valence-electron chi connectivity index (χ3n) is 3.92. The van der Waals surface area contributed by atoms with Crippen LogP contribution in [0.5, 0.6) is 11.5 Å². The molecule has 2 aromatic rings. The van der Waals surface area contributed by atoms with Crippen molar-refractivity contribution in [1.82, 2.24) is 10.6 Å². The summed E-state index contributed by atoms with van der Waals surface area (Å²) in [6, 6.07) is 14.6. The molecule has 0 heterocycles. The Morgan fingerprint density at radius 2 is 1.78 bits per heavy atom. The van der Waals surface area contributed by atoms with Gasteiger partial charge in [0.2, 0.25) is 5.91 Å². The number of hydrogen-bond donors (Lipinski definition) is 2. The molecular formula is C21H26N2O4. The van der Waals surface area contributed by atoms with Gasteiger partial charge in [0.1, 0.15) is 0 Å². The van der Waals surface area contributed by atoms with Crippen LogP contribution in [0.1, 0.15) is 35.7 Å². The molecule has 0 fully saturated rings. The third kappa shape index (κ3) is 6.66. The second-order valence-corrected chi connectivity index (χ2v) is 5.92. The predicted molar refractivity (Wildman–Crippen MR) is 104 cm³/mol. The van der Waals surface area contributed by atoms with Gasteiger partial charge in [-0.2, -0.15) is 0 Å². The van der Waals surface area contributed by atoms with Crippen LogP contribution in [0.25, 0.3) is 0 Å². The molecule has 0 atom stereocenters. The molecule has 144 valence electrons. The molecule has 0 aliphatic heterocycles. The first-order chi connectivity index (χ1) is 13.1. The van der Waals surface area contributed by atoms with Crippen LogP contribution in [-0.2, 0) is 11.3 Å². The van der Waals surface area contributed by atoms with Crippen LogP contribution in [0.15, 0.2) is 48.5 Å². The highest BCUT2D eigenvalue weighted by Gasteiger charge is 2.08. The summed E-state index contributed by atoms with van der Waals surface area (Å²) in [7, 11) is 1.59. The Bertz CT molecular complexity index is 747. The number of carbonyl (C=O) groups excluding carboxylic acids is 2. The van der Waals surface area contributed by atoms with Gasteiger partial charge in [0.15, 0.2) is 11.5 Å². The van der Waals surface area contributed by atoms with E-state index in [1.165, 1.54) is 0 Å². The summed E-state index contributed by atoms with van der Waals surface area (Å²) < 4.78 is 10.8. The van der Waals surface area contributed by atoms with Gasteiger partial charge in [-0.3, -0.25) is 9.59 Å². The topological polar surface area (TPSA) is 76.7 Å². The van der Waals surface area contributed by atoms with Crippen molar-refractivity contribution in [3.8, 4) is 11.5 Å². The first kappa shape index (κ1) is 20.3. The molecule has 0 radical (unpaired) electrons. The first-order valence-electron chi connectivity index (χ1n) is 9.03. The van der Waals surface area contributed by atoms with Crippen LogP contribution in [0.4, 0.5) is 0 Å². The summed E-state index contributed by atoms with van der Waals surface area (Å²) in [4.78, 5) is 23.9. The van der Waals surface area contributed by atoms with E-state index in [9.17, 15) is 9.59 Å². The van der Waals surface area contributed by atoms with Crippen LogP contribution in [-0.4, -0.2) is 32.1 Å². The van der Waals surface area contributed by atoms with E-state index in [0.29, 0.717) is 49.6 Å². The maximum atomic E-state index is 12.0. The molecule has 2 aromatic carbocycles. The van der Waals surface area contributed by atoms with Crippen molar-refractivity contribution < 1.29 is 19.1 Å². The fourth-order valence-electron chi connectivity index (χ4n) is 2.53. The van der Waals surface area contributed by atoms with Crippen molar-refractivity contribution in [2.24, 2.45) is 0 Å². The minimum atomic E-state index is -0.127. The molecule has 6 nitrogen and oxygen atoms in total. The van der Waals surface area contributed by atoms with E-state index >= 15 is 0 Å². The maximum absolute atomic E-state index is 12.0. The fraction of sp³-hybridized carbons (Fsp3) is 0.333. The van der Waals surface area contributed by atoms with Gasteiger partial charge in [0.05, 0.1) is 13.7 Å². The highest BCUT2D eigenvalue weighted by molar-refractivity contribution is 5.94. The predicted octanol–water partition coefficient (Wildman–Crippen LogP) is 2.92. The molecular weight excluding hydrogens is 344 g/mol. The number of rotatable bonds is 10. The van der Waals surface area contributed by atoms with Crippen molar-refractivity contribution in [1.29, 1.82) is 0 Å². The van der Waals surface area contributed by atoms with E-state index in [1.54, 1.807) is 19.2 Å². The van der Waals surface area contributed by atoms with Gasteiger partial charge in [-0.05, 0) is 43.2 Å². The van der Waals surface area contributed by atoms with Crippen molar-refractivity contribution >= 4 is 11.8 Å². The van der Waals surface area contributed by atoms with Gasteiger partial charge in [0.25, 0.3) is 5.91 Å². The average Bonchev–Trinajstić information content (AvgIpc) is 2.71. The fourth-order valence-corrected chi connectivity index (χ4v) is 2.53. The number of nitrogens with one attached hydrogen (secondary N) is 2. The molecule has 0 bridgehead atoms. The van der Waals surface area contributed by atoms with E-state index in [-0.39, 0.29) is 11.8 Å². The molecule has 0 aliphatic rings. The first-order valence-corrected chi connectivity index (χ1v) is 9.03. The number of hydrogen-bond acceptors (Lipinski definition) is 4. The zero-order valence-electron chi connectivity index (χ0n) is 15.8. The second-order valence-electron chi connectivity index (χ2n) is 5.92. The monoisotopic (exact) mass is 370 g/mol. The Kier molecular flexibility index (Phi) is 8.16. The lowest BCUT2D eigenvalue weighted by Crippen LogP contribution is -2.27. The molecule has 0 aliphatic carbocycles. The minimum absolute atomic E-state index is 0.0585. The smallest absolute Gasteiger partial charge is 0.251 e. The van der Waals surface area contributed by atoms with Gasteiger partial charge in [-0.1, -0.05) is 24.3 Å². The summed E-state index contributed by atoms with van der Waals surface area (Å²) in [5, 5.41) is 5.69. The van der Waals surface area contributed by atoms with Crippen molar-refractivity contribution in [2.45, 2.75) is 26.3 Å². The molecule has 0 spiro atoms. The molecule has 0 unspecified atom stereocenters. The number of methoxy groups -OCH3 is 1. The Morgan fingerprint density at radius 3 is 2.48 bits per heavy atom. The Labute approximate surface area is 159 Å². The summed E-state index contributed by atoms with van der Waals surface area (Å²) in [6.45, 7) is 3.35. The molecule has 2 N–H and O–H groups in total. The van der Waals surface area contributed by atoms with Gasteiger partial charge < -0.3 is 20.1 Å². The lowest BCUT2D eigenvalue weighted by Gasteiger charge is -2.11.